The van der Waals surface area contributed by atoms with Crippen LogP contribution in [0.2, 0.25) is 0 Å². The average molecular weight is 415 g/mol. The monoisotopic (exact) mass is 415 g/mol. The second-order valence-electron chi connectivity index (χ2n) is 7.27. The molecule has 2 N–H and O–H groups in total. The van der Waals surface area contributed by atoms with Crippen molar-refractivity contribution in [2.24, 2.45) is 10.8 Å². The largest absolute Gasteiger partial charge is 0.497 e. The fourth-order valence-electron chi connectivity index (χ4n) is 3.63. The van der Waals surface area contributed by atoms with Crippen LogP contribution in [0.1, 0.15) is 33.9 Å². The number of ether oxygens (including phenoxy) is 1. The van der Waals surface area contributed by atoms with Crippen LogP contribution < -0.4 is 15.0 Å². The molecule has 1 aliphatic rings. The number of primary amides is 1. The maximum absolute atomic E-state index is 13.2. The molecule has 0 bridgehead atoms. The van der Waals surface area contributed by atoms with Gasteiger partial charge in [-0.25, -0.2) is 5.01 Å². The highest BCUT2D eigenvalue weighted by Crippen LogP contribution is 2.33. The molecule has 1 atom stereocenters. The van der Waals surface area contributed by atoms with Crippen molar-refractivity contribution in [1.29, 1.82) is 0 Å². The summed E-state index contributed by atoms with van der Waals surface area (Å²) in [4.78, 5) is 24.7. The van der Waals surface area contributed by atoms with E-state index >= 15 is 0 Å². The molecule has 2 amide bonds. The van der Waals surface area contributed by atoms with Crippen LogP contribution in [0.3, 0.4) is 0 Å². The normalized spacial score (nSPS) is 15.5. The van der Waals surface area contributed by atoms with Gasteiger partial charge in [0.2, 0.25) is 6.54 Å². The Morgan fingerprint density at radius 3 is 2.52 bits per heavy atom. The van der Waals surface area contributed by atoms with Crippen molar-refractivity contribution in [3.63, 3.8) is 0 Å². The number of pyridine rings is 1. The molecule has 0 radical (unpaired) electrons. The van der Waals surface area contributed by atoms with Crippen molar-refractivity contribution in [3.8, 4) is 5.75 Å². The Labute approximate surface area is 180 Å². The van der Waals surface area contributed by atoms with Crippen LogP contribution in [0.15, 0.2) is 84.2 Å². The van der Waals surface area contributed by atoms with E-state index in [-0.39, 0.29) is 18.5 Å². The van der Waals surface area contributed by atoms with Gasteiger partial charge in [-0.1, -0.05) is 42.5 Å². The van der Waals surface area contributed by atoms with Crippen LogP contribution in [-0.4, -0.2) is 29.6 Å². The first-order valence-electron chi connectivity index (χ1n) is 9.93. The van der Waals surface area contributed by atoms with Gasteiger partial charge in [0, 0.05) is 12.5 Å². The molecular formula is C24H23N4O3+. The maximum Gasteiger partial charge on any atom is 0.309 e. The second kappa shape index (κ2) is 8.79. The fraction of sp³-hybridized carbons (Fsp3) is 0.167. The number of hydrazone groups is 1. The Bertz CT molecular complexity index is 1130. The molecule has 156 valence electrons. The zero-order valence-electron chi connectivity index (χ0n) is 17.1. The quantitative estimate of drug-likeness (QED) is 0.627. The van der Waals surface area contributed by atoms with E-state index in [0.717, 1.165) is 22.6 Å². The molecule has 4 rings (SSSR count). The van der Waals surface area contributed by atoms with E-state index in [2.05, 4.69) is 5.10 Å². The summed E-state index contributed by atoms with van der Waals surface area (Å²) in [7, 11) is 1.62. The lowest BCUT2D eigenvalue weighted by molar-refractivity contribution is -0.685. The lowest BCUT2D eigenvalue weighted by atomic mass is 9.98. The van der Waals surface area contributed by atoms with E-state index in [0.29, 0.717) is 12.0 Å². The Kier molecular flexibility index (Phi) is 5.75. The van der Waals surface area contributed by atoms with Gasteiger partial charge in [0.15, 0.2) is 12.4 Å². The Morgan fingerprint density at radius 2 is 1.84 bits per heavy atom. The Balaban J connectivity index is 1.64. The summed E-state index contributed by atoms with van der Waals surface area (Å²) in [6, 6.07) is 20.6. The lowest BCUT2D eigenvalue weighted by Crippen LogP contribution is -2.43. The molecular weight excluding hydrogens is 392 g/mol. The topological polar surface area (TPSA) is 88.9 Å². The highest BCUT2D eigenvalue weighted by molar-refractivity contribution is 6.03. The molecule has 0 spiro atoms. The number of hydrogen-bond acceptors (Lipinski definition) is 4. The van der Waals surface area contributed by atoms with Gasteiger partial charge in [-0.3, -0.25) is 9.59 Å². The van der Waals surface area contributed by atoms with E-state index in [9.17, 15) is 9.59 Å². The number of carbonyl (C=O) groups excluding carboxylic acids is 2. The predicted octanol–water partition coefficient (Wildman–Crippen LogP) is 2.46. The summed E-state index contributed by atoms with van der Waals surface area (Å²) in [6.45, 7) is 0.0410. The molecule has 0 saturated heterocycles. The summed E-state index contributed by atoms with van der Waals surface area (Å²) in [5.41, 5.74) is 8.51. The first-order valence-corrected chi connectivity index (χ1v) is 9.93. The van der Waals surface area contributed by atoms with Crippen LogP contribution in [0.5, 0.6) is 5.75 Å². The summed E-state index contributed by atoms with van der Waals surface area (Å²) < 4.78 is 6.90. The van der Waals surface area contributed by atoms with Crippen LogP contribution in [0.25, 0.3) is 0 Å². The minimum Gasteiger partial charge on any atom is -0.497 e. The number of carbonyl (C=O) groups is 2. The van der Waals surface area contributed by atoms with Gasteiger partial charge in [-0.15, -0.1) is 0 Å². The van der Waals surface area contributed by atoms with Crippen molar-refractivity contribution < 1.29 is 18.9 Å². The molecule has 1 aromatic heterocycles. The SMILES string of the molecule is COc1ccc([C@H]2CC(c3ccccc3)=NN2C(=O)C[n+]2cccc(C(N)=O)c2)cc1. The van der Waals surface area contributed by atoms with Crippen molar-refractivity contribution in [2.75, 3.05) is 7.11 Å². The molecule has 2 aromatic carbocycles. The maximum atomic E-state index is 13.2. The van der Waals surface area contributed by atoms with Crippen LogP contribution in [0.4, 0.5) is 0 Å². The number of aromatic nitrogens is 1. The molecule has 2 heterocycles. The van der Waals surface area contributed by atoms with Crippen molar-refractivity contribution in [2.45, 2.75) is 19.0 Å². The Morgan fingerprint density at radius 1 is 1.10 bits per heavy atom. The number of benzene rings is 2. The van der Waals surface area contributed by atoms with Gasteiger partial charge in [0.1, 0.15) is 11.3 Å². The highest BCUT2D eigenvalue weighted by atomic mass is 16.5. The summed E-state index contributed by atoms with van der Waals surface area (Å²) in [5, 5.41) is 6.21. The fourth-order valence-corrected chi connectivity index (χ4v) is 3.63. The molecule has 0 fully saturated rings. The number of amides is 2. The predicted molar refractivity (Wildman–Crippen MR) is 115 cm³/mol. The number of hydrogen-bond donors (Lipinski definition) is 1. The average Bonchev–Trinajstić information content (AvgIpc) is 3.25. The lowest BCUT2D eigenvalue weighted by Gasteiger charge is -2.21. The minimum atomic E-state index is -0.538. The van der Waals surface area contributed by atoms with Crippen molar-refractivity contribution >= 4 is 17.5 Å². The van der Waals surface area contributed by atoms with Crippen molar-refractivity contribution in [1.82, 2.24) is 5.01 Å². The van der Waals surface area contributed by atoms with E-state index in [4.69, 9.17) is 10.5 Å². The molecule has 3 aromatic rings. The molecule has 7 heteroatoms. The molecule has 0 aliphatic carbocycles. The van der Waals surface area contributed by atoms with E-state index < -0.39 is 5.91 Å². The third-order valence-electron chi connectivity index (χ3n) is 5.23. The molecule has 0 saturated carbocycles. The second-order valence-corrected chi connectivity index (χ2v) is 7.27. The first-order chi connectivity index (χ1) is 15.0. The number of nitrogens with zero attached hydrogens (tertiary/aromatic N) is 3. The van der Waals surface area contributed by atoms with E-state index in [1.54, 1.807) is 36.2 Å². The van der Waals surface area contributed by atoms with Gasteiger partial charge in [-0.2, -0.15) is 9.67 Å². The van der Waals surface area contributed by atoms with Gasteiger partial charge < -0.3 is 10.5 Å². The molecule has 1 aliphatic heterocycles. The third-order valence-corrected chi connectivity index (χ3v) is 5.23. The molecule has 7 nitrogen and oxygen atoms in total. The minimum absolute atomic E-state index is 0.0410. The van der Waals surface area contributed by atoms with Gasteiger partial charge in [0.25, 0.3) is 5.91 Å². The standard InChI is InChI=1S/C24H22N4O3/c1-31-20-11-9-18(10-12-20)22-14-21(17-6-3-2-4-7-17)26-28(22)23(29)16-27-13-5-8-19(15-27)24(25)30/h2-13,15,22H,14,16H2,1H3,(H-,25,30)/p+1/t22-/m1/s1. The summed E-state index contributed by atoms with van der Waals surface area (Å²) in [6.07, 6.45) is 3.90. The van der Waals surface area contributed by atoms with Gasteiger partial charge >= 0.3 is 5.91 Å². The third kappa shape index (κ3) is 4.45. The number of methoxy groups -OCH3 is 1. The molecule has 0 unspecified atom stereocenters. The first kappa shape index (κ1) is 20.3. The zero-order chi connectivity index (χ0) is 21.8. The van der Waals surface area contributed by atoms with Gasteiger partial charge in [0.05, 0.1) is 18.9 Å². The smallest absolute Gasteiger partial charge is 0.309 e. The van der Waals surface area contributed by atoms with Crippen LogP contribution in [0, 0.1) is 0 Å². The summed E-state index contributed by atoms with van der Waals surface area (Å²) in [5.74, 6) is 0.0319. The van der Waals surface area contributed by atoms with E-state index in [1.165, 1.54) is 5.01 Å². The molecule has 31 heavy (non-hydrogen) atoms. The van der Waals surface area contributed by atoms with Crippen LogP contribution in [-0.2, 0) is 11.3 Å². The Hall–Kier alpha value is -4.00. The van der Waals surface area contributed by atoms with Crippen molar-refractivity contribution in [3.05, 3.63) is 95.8 Å². The number of nitrogens with two attached hydrogens (primary N) is 1. The van der Waals surface area contributed by atoms with Crippen LogP contribution >= 0.6 is 0 Å². The van der Waals surface area contributed by atoms with E-state index in [1.807, 2.05) is 54.6 Å². The van der Waals surface area contributed by atoms with Gasteiger partial charge in [-0.05, 0) is 29.3 Å². The zero-order valence-corrected chi connectivity index (χ0v) is 17.1. The highest BCUT2D eigenvalue weighted by Gasteiger charge is 2.34. The summed E-state index contributed by atoms with van der Waals surface area (Å²) >= 11 is 0. The number of rotatable bonds is 6.